The number of hydrogen-bond acceptors (Lipinski definition) is 3. The number of halogens is 3. The highest BCUT2D eigenvalue weighted by atomic mass is 19.4. The number of alkyl halides is 3. The van der Waals surface area contributed by atoms with E-state index in [1.807, 2.05) is 14.1 Å². The number of ether oxygens (including phenoxy) is 1. The van der Waals surface area contributed by atoms with Crippen LogP contribution in [-0.4, -0.2) is 37.8 Å². The van der Waals surface area contributed by atoms with Gasteiger partial charge in [-0.1, -0.05) is 0 Å². The van der Waals surface area contributed by atoms with Crippen LogP contribution >= 0.6 is 0 Å². The normalized spacial score (nSPS) is 17.5. The Morgan fingerprint density at radius 3 is 2.38 bits per heavy atom. The minimum Gasteiger partial charge on any atom is -0.406 e. The molecule has 1 amide bonds. The Bertz CT molecular complexity index is 550. The Balaban J connectivity index is 2.12. The van der Waals surface area contributed by atoms with E-state index in [9.17, 15) is 18.0 Å². The van der Waals surface area contributed by atoms with Crippen molar-refractivity contribution in [3.8, 4) is 5.75 Å². The van der Waals surface area contributed by atoms with Crippen LogP contribution in [0.1, 0.15) is 6.42 Å². The first-order valence-corrected chi connectivity index (χ1v) is 6.31. The van der Waals surface area contributed by atoms with Crippen LogP contribution < -0.4 is 9.64 Å². The fraction of sp³-hybridized carbons (Fsp3) is 0.357. The van der Waals surface area contributed by atoms with E-state index in [2.05, 4.69) is 4.74 Å². The third-order valence-electron chi connectivity index (χ3n) is 2.92. The van der Waals surface area contributed by atoms with Crippen LogP contribution in [0.2, 0.25) is 0 Å². The summed E-state index contributed by atoms with van der Waals surface area (Å²) in [6.45, 7) is 0.512. The average molecular weight is 300 g/mol. The maximum Gasteiger partial charge on any atom is 0.573 e. The van der Waals surface area contributed by atoms with Gasteiger partial charge in [-0.15, -0.1) is 13.2 Å². The van der Waals surface area contributed by atoms with E-state index in [0.717, 1.165) is 0 Å². The lowest BCUT2D eigenvalue weighted by Crippen LogP contribution is -2.24. The molecule has 0 aliphatic carbocycles. The van der Waals surface area contributed by atoms with Gasteiger partial charge in [0.25, 0.3) is 5.91 Å². The summed E-state index contributed by atoms with van der Waals surface area (Å²) in [6, 6.07) is 5.28. The van der Waals surface area contributed by atoms with Crippen molar-refractivity contribution in [3.63, 3.8) is 0 Å². The van der Waals surface area contributed by atoms with Crippen LogP contribution in [0.25, 0.3) is 0 Å². The molecule has 7 heteroatoms. The zero-order valence-corrected chi connectivity index (χ0v) is 11.6. The summed E-state index contributed by atoms with van der Waals surface area (Å²) < 4.78 is 40.0. The van der Waals surface area contributed by atoms with Crippen LogP contribution in [0.5, 0.6) is 5.75 Å². The van der Waals surface area contributed by atoms with Crippen molar-refractivity contribution >= 4 is 11.6 Å². The van der Waals surface area contributed by atoms with Gasteiger partial charge in [-0.3, -0.25) is 4.79 Å². The van der Waals surface area contributed by atoms with E-state index in [1.54, 1.807) is 11.1 Å². The van der Waals surface area contributed by atoms with Crippen molar-refractivity contribution in [1.82, 2.24) is 4.90 Å². The highest BCUT2D eigenvalue weighted by molar-refractivity contribution is 6.08. The second-order valence-corrected chi connectivity index (χ2v) is 4.87. The largest absolute Gasteiger partial charge is 0.573 e. The molecule has 114 valence electrons. The molecule has 1 fully saturated rings. The van der Waals surface area contributed by atoms with Gasteiger partial charge in [-0.2, -0.15) is 0 Å². The first kappa shape index (κ1) is 15.2. The standard InChI is InChI=1S/C14H15F3N2O2/c1-18(2)9-10-7-8-19(13(10)20)11-3-5-12(6-4-11)21-14(15,16)17/h3-6,9H,7-8H2,1-2H3. The minimum atomic E-state index is -4.72. The summed E-state index contributed by atoms with van der Waals surface area (Å²) in [7, 11) is 3.65. The smallest absolute Gasteiger partial charge is 0.406 e. The molecule has 1 aromatic rings. The average Bonchev–Trinajstić information content (AvgIpc) is 2.70. The Hall–Kier alpha value is -2.18. The monoisotopic (exact) mass is 300 g/mol. The Morgan fingerprint density at radius 2 is 1.86 bits per heavy atom. The van der Waals surface area contributed by atoms with Crippen LogP contribution in [0, 0.1) is 0 Å². The molecule has 1 saturated heterocycles. The van der Waals surface area contributed by atoms with E-state index in [0.29, 0.717) is 24.2 Å². The van der Waals surface area contributed by atoms with Gasteiger partial charge in [-0.05, 0) is 30.7 Å². The van der Waals surface area contributed by atoms with Gasteiger partial charge < -0.3 is 14.5 Å². The van der Waals surface area contributed by atoms with Crippen LogP contribution in [0.4, 0.5) is 18.9 Å². The molecule has 4 nitrogen and oxygen atoms in total. The number of nitrogens with zero attached hydrogens (tertiary/aromatic N) is 2. The van der Waals surface area contributed by atoms with Gasteiger partial charge >= 0.3 is 6.36 Å². The number of benzene rings is 1. The summed E-state index contributed by atoms with van der Waals surface area (Å²) in [5, 5.41) is 0. The number of carbonyl (C=O) groups is 1. The Labute approximate surface area is 120 Å². The van der Waals surface area contributed by atoms with Gasteiger partial charge in [0.1, 0.15) is 5.75 Å². The zero-order valence-electron chi connectivity index (χ0n) is 11.6. The van der Waals surface area contributed by atoms with Crippen molar-refractivity contribution in [3.05, 3.63) is 36.0 Å². The van der Waals surface area contributed by atoms with E-state index < -0.39 is 6.36 Å². The molecule has 1 aliphatic heterocycles. The lowest BCUT2D eigenvalue weighted by Gasteiger charge is -2.16. The minimum absolute atomic E-state index is 0.131. The maximum absolute atomic E-state index is 12.2. The summed E-state index contributed by atoms with van der Waals surface area (Å²) in [5.74, 6) is -0.435. The first-order valence-electron chi connectivity index (χ1n) is 6.31. The topological polar surface area (TPSA) is 32.8 Å². The highest BCUT2D eigenvalue weighted by Crippen LogP contribution is 2.28. The first-order chi connectivity index (χ1) is 9.76. The van der Waals surface area contributed by atoms with Crippen LogP contribution in [-0.2, 0) is 4.79 Å². The summed E-state index contributed by atoms with van der Waals surface area (Å²) in [5.41, 5.74) is 1.23. The third-order valence-corrected chi connectivity index (χ3v) is 2.92. The molecular formula is C14H15F3N2O2. The third kappa shape index (κ3) is 3.90. The highest BCUT2D eigenvalue weighted by Gasteiger charge is 2.31. The summed E-state index contributed by atoms with van der Waals surface area (Å²) in [6.07, 6.45) is -2.35. The lowest BCUT2D eigenvalue weighted by molar-refractivity contribution is -0.274. The summed E-state index contributed by atoms with van der Waals surface area (Å²) in [4.78, 5) is 15.5. The Morgan fingerprint density at radius 1 is 1.24 bits per heavy atom. The van der Waals surface area contributed by atoms with Gasteiger partial charge in [0, 0.05) is 38.1 Å². The number of hydrogen-bond donors (Lipinski definition) is 0. The molecule has 0 unspecified atom stereocenters. The molecule has 1 heterocycles. The molecule has 1 aromatic carbocycles. The van der Waals surface area contributed by atoms with Crippen molar-refractivity contribution < 1.29 is 22.7 Å². The molecule has 0 atom stereocenters. The van der Waals surface area contributed by atoms with Crippen molar-refractivity contribution in [2.24, 2.45) is 0 Å². The molecule has 0 radical (unpaired) electrons. The fourth-order valence-corrected chi connectivity index (χ4v) is 2.12. The zero-order chi connectivity index (χ0) is 15.6. The lowest BCUT2D eigenvalue weighted by atomic mass is 10.2. The van der Waals surface area contributed by atoms with E-state index in [1.165, 1.54) is 29.2 Å². The van der Waals surface area contributed by atoms with Crippen LogP contribution in [0.15, 0.2) is 36.0 Å². The predicted octanol–water partition coefficient (Wildman–Crippen LogP) is 2.77. The molecule has 21 heavy (non-hydrogen) atoms. The molecule has 0 saturated carbocycles. The Kier molecular flexibility index (Phi) is 4.11. The number of carbonyl (C=O) groups excluding carboxylic acids is 1. The second-order valence-electron chi connectivity index (χ2n) is 4.87. The number of amides is 1. The van der Waals surface area contributed by atoms with E-state index in [4.69, 9.17) is 0 Å². The van der Waals surface area contributed by atoms with Crippen molar-refractivity contribution in [1.29, 1.82) is 0 Å². The van der Waals surface area contributed by atoms with Crippen molar-refractivity contribution in [2.75, 3.05) is 25.5 Å². The van der Waals surface area contributed by atoms with Gasteiger partial charge in [0.2, 0.25) is 0 Å². The van der Waals surface area contributed by atoms with E-state index >= 15 is 0 Å². The van der Waals surface area contributed by atoms with Gasteiger partial charge in [0.05, 0.1) is 0 Å². The molecule has 0 spiro atoms. The molecule has 0 N–H and O–H groups in total. The predicted molar refractivity (Wildman–Crippen MR) is 71.9 cm³/mol. The molecule has 1 aliphatic rings. The SMILES string of the molecule is CN(C)C=C1CCN(c2ccc(OC(F)(F)F)cc2)C1=O. The summed E-state index contributed by atoms with van der Waals surface area (Å²) >= 11 is 0. The number of anilines is 1. The number of rotatable bonds is 3. The molecule has 2 rings (SSSR count). The van der Waals surface area contributed by atoms with E-state index in [-0.39, 0.29) is 11.7 Å². The van der Waals surface area contributed by atoms with Gasteiger partial charge in [-0.25, -0.2) is 0 Å². The van der Waals surface area contributed by atoms with Crippen LogP contribution in [0.3, 0.4) is 0 Å². The van der Waals surface area contributed by atoms with Crippen molar-refractivity contribution in [2.45, 2.75) is 12.8 Å². The fourth-order valence-electron chi connectivity index (χ4n) is 2.12. The molecular weight excluding hydrogens is 285 g/mol. The molecule has 0 aromatic heterocycles. The quantitative estimate of drug-likeness (QED) is 0.805. The molecule has 0 bridgehead atoms. The second kappa shape index (κ2) is 5.67. The maximum atomic E-state index is 12.2. The van der Waals surface area contributed by atoms with Gasteiger partial charge in [0.15, 0.2) is 0 Å².